The fourth-order valence-corrected chi connectivity index (χ4v) is 2.24. The van der Waals surface area contributed by atoms with Crippen LogP contribution in [0, 0.1) is 6.92 Å². The van der Waals surface area contributed by atoms with E-state index in [0.29, 0.717) is 23.6 Å². The molecule has 3 N–H and O–H groups in total. The van der Waals surface area contributed by atoms with Crippen LogP contribution in [0.4, 0.5) is 4.79 Å². The van der Waals surface area contributed by atoms with E-state index >= 15 is 0 Å². The fraction of sp³-hybridized carbons (Fsp3) is 0.462. The van der Waals surface area contributed by atoms with Crippen molar-refractivity contribution in [1.82, 2.24) is 5.32 Å². The number of amides is 1. The minimum atomic E-state index is -0.913. The number of carbonyl (C=O) groups is 1. The molecule has 1 amide bonds. The number of hydrogen-bond donors (Lipinski definition) is 2. The number of cyclic esters (lactones) is 1. The lowest BCUT2D eigenvalue weighted by atomic mass is 9.92. The molecule has 0 saturated carbocycles. The molecule has 6 nitrogen and oxygen atoms in total. The lowest BCUT2D eigenvalue weighted by Crippen LogP contribution is -2.39. The molecule has 1 fully saturated rings. The molecule has 1 unspecified atom stereocenters. The van der Waals surface area contributed by atoms with Gasteiger partial charge >= 0.3 is 6.09 Å². The van der Waals surface area contributed by atoms with Gasteiger partial charge in [-0.15, -0.1) is 0 Å². The summed E-state index contributed by atoms with van der Waals surface area (Å²) in [4.78, 5) is 11.4. The third kappa shape index (κ3) is 2.19. The number of aryl methyl sites for hydroxylation is 1. The van der Waals surface area contributed by atoms with Crippen LogP contribution in [-0.4, -0.2) is 33.4 Å². The normalized spacial score (nSPS) is 21.8. The molecule has 1 atom stereocenters. The van der Waals surface area contributed by atoms with Gasteiger partial charge in [0.25, 0.3) is 0 Å². The molecule has 1 saturated heterocycles. The predicted octanol–water partition coefficient (Wildman–Crippen LogP) is 0.906. The number of ether oxygens (including phenoxy) is 3. The van der Waals surface area contributed by atoms with Crippen LogP contribution >= 0.6 is 0 Å². The Morgan fingerprint density at radius 3 is 2.53 bits per heavy atom. The Labute approximate surface area is 111 Å². The van der Waals surface area contributed by atoms with Gasteiger partial charge in [-0.25, -0.2) is 4.79 Å². The van der Waals surface area contributed by atoms with Crippen molar-refractivity contribution in [3.63, 3.8) is 0 Å². The van der Waals surface area contributed by atoms with E-state index in [1.54, 1.807) is 20.3 Å². The Kier molecular flexibility index (Phi) is 3.53. The summed E-state index contributed by atoms with van der Waals surface area (Å²) in [6.45, 7) is 2.39. The molecule has 1 aliphatic heterocycles. The van der Waals surface area contributed by atoms with E-state index < -0.39 is 11.7 Å². The Hall–Kier alpha value is -1.95. The molecule has 0 aromatic heterocycles. The second-order valence-corrected chi connectivity index (χ2v) is 4.46. The van der Waals surface area contributed by atoms with Crippen molar-refractivity contribution in [3.05, 3.63) is 23.3 Å². The van der Waals surface area contributed by atoms with Gasteiger partial charge in [0, 0.05) is 12.1 Å². The van der Waals surface area contributed by atoms with Gasteiger partial charge in [-0.1, -0.05) is 0 Å². The molecular formula is C13H18N2O4. The summed E-state index contributed by atoms with van der Waals surface area (Å²) in [6.07, 6.45) is -0.480. The van der Waals surface area contributed by atoms with Gasteiger partial charge < -0.3 is 25.3 Å². The van der Waals surface area contributed by atoms with Crippen molar-refractivity contribution in [2.75, 3.05) is 27.3 Å². The highest BCUT2D eigenvalue weighted by molar-refractivity contribution is 5.71. The Morgan fingerprint density at radius 2 is 2.05 bits per heavy atom. The first-order valence-electron chi connectivity index (χ1n) is 5.96. The van der Waals surface area contributed by atoms with Crippen molar-refractivity contribution < 1.29 is 19.0 Å². The third-order valence-electron chi connectivity index (χ3n) is 3.34. The molecular weight excluding hydrogens is 248 g/mol. The molecule has 104 valence electrons. The first-order valence-corrected chi connectivity index (χ1v) is 5.96. The zero-order valence-electron chi connectivity index (χ0n) is 11.3. The molecule has 1 heterocycles. The van der Waals surface area contributed by atoms with Gasteiger partial charge in [0.1, 0.15) is 11.5 Å². The zero-order chi connectivity index (χ0) is 14.0. The number of alkyl carbamates (subject to hydrolysis) is 1. The van der Waals surface area contributed by atoms with Gasteiger partial charge in [-0.05, 0) is 24.6 Å². The van der Waals surface area contributed by atoms with Gasteiger partial charge in [0.2, 0.25) is 0 Å². The summed E-state index contributed by atoms with van der Waals surface area (Å²) in [5, 5.41) is 2.63. The predicted molar refractivity (Wildman–Crippen MR) is 69.5 cm³/mol. The first-order chi connectivity index (χ1) is 9.06. The average Bonchev–Trinajstić information content (AvgIpc) is 2.81. The minimum absolute atomic E-state index is 0.161. The number of benzene rings is 1. The Bertz CT molecular complexity index is 504. The van der Waals surface area contributed by atoms with E-state index in [4.69, 9.17) is 19.9 Å². The van der Waals surface area contributed by atoms with E-state index in [9.17, 15) is 4.79 Å². The summed E-state index contributed by atoms with van der Waals surface area (Å²) < 4.78 is 16.0. The Morgan fingerprint density at radius 1 is 1.37 bits per heavy atom. The van der Waals surface area contributed by atoms with E-state index in [0.717, 1.165) is 5.56 Å². The fourth-order valence-electron chi connectivity index (χ4n) is 2.24. The van der Waals surface area contributed by atoms with Crippen molar-refractivity contribution in [2.45, 2.75) is 12.5 Å². The van der Waals surface area contributed by atoms with Crippen molar-refractivity contribution in [1.29, 1.82) is 0 Å². The second-order valence-electron chi connectivity index (χ2n) is 4.46. The molecule has 0 spiro atoms. The highest BCUT2D eigenvalue weighted by Gasteiger charge is 2.43. The molecule has 0 bridgehead atoms. The van der Waals surface area contributed by atoms with Gasteiger partial charge in [-0.2, -0.15) is 0 Å². The summed E-state index contributed by atoms with van der Waals surface area (Å²) in [5.74, 6) is 1.33. The maximum Gasteiger partial charge on any atom is 0.408 e. The van der Waals surface area contributed by atoms with Crippen molar-refractivity contribution in [2.24, 2.45) is 5.73 Å². The lowest BCUT2D eigenvalue weighted by Gasteiger charge is -2.27. The van der Waals surface area contributed by atoms with E-state index in [1.165, 1.54) is 0 Å². The summed E-state index contributed by atoms with van der Waals surface area (Å²) >= 11 is 0. The maximum atomic E-state index is 11.4. The lowest BCUT2D eigenvalue weighted by molar-refractivity contribution is 0.0594. The average molecular weight is 266 g/mol. The number of carbonyl (C=O) groups excluding carboxylic acids is 1. The largest absolute Gasteiger partial charge is 0.496 e. The number of methoxy groups -OCH3 is 2. The maximum absolute atomic E-state index is 11.4. The Balaban J connectivity index is 2.56. The van der Waals surface area contributed by atoms with Crippen LogP contribution in [0.25, 0.3) is 0 Å². The van der Waals surface area contributed by atoms with E-state index in [1.807, 2.05) is 13.0 Å². The zero-order valence-corrected chi connectivity index (χ0v) is 11.3. The summed E-state index contributed by atoms with van der Waals surface area (Å²) in [6, 6.07) is 3.65. The van der Waals surface area contributed by atoms with Crippen LogP contribution in [0.15, 0.2) is 12.1 Å². The minimum Gasteiger partial charge on any atom is -0.496 e. The topological polar surface area (TPSA) is 82.8 Å². The highest BCUT2D eigenvalue weighted by atomic mass is 16.6. The first kappa shape index (κ1) is 13.5. The monoisotopic (exact) mass is 266 g/mol. The number of nitrogens with one attached hydrogen (secondary N) is 1. The van der Waals surface area contributed by atoms with E-state index in [2.05, 4.69) is 5.32 Å². The van der Waals surface area contributed by atoms with Gasteiger partial charge in [-0.3, -0.25) is 0 Å². The number of nitrogens with two attached hydrogens (primary N) is 1. The number of rotatable bonds is 4. The van der Waals surface area contributed by atoms with Crippen molar-refractivity contribution in [3.8, 4) is 11.5 Å². The quantitative estimate of drug-likeness (QED) is 0.846. The highest BCUT2D eigenvalue weighted by Crippen LogP contribution is 2.38. The SMILES string of the molecule is COc1cc(C2(CN)CNC(=O)O2)c(OC)cc1C. The summed E-state index contributed by atoms with van der Waals surface area (Å²) in [5.41, 5.74) is 6.53. The van der Waals surface area contributed by atoms with E-state index in [-0.39, 0.29) is 6.54 Å². The molecule has 0 radical (unpaired) electrons. The van der Waals surface area contributed by atoms with Gasteiger partial charge in [0.15, 0.2) is 5.60 Å². The van der Waals surface area contributed by atoms with Crippen LogP contribution < -0.4 is 20.5 Å². The summed E-state index contributed by atoms with van der Waals surface area (Å²) in [7, 11) is 3.16. The van der Waals surface area contributed by atoms with Crippen LogP contribution in [0.5, 0.6) is 11.5 Å². The molecule has 1 aromatic rings. The van der Waals surface area contributed by atoms with Gasteiger partial charge in [0.05, 0.1) is 20.8 Å². The second kappa shape index (κ2) is 4.97. The molecule has 2 rings (SSSR count). The van der Waals surface area contributed by atoms with Crippen LogP contribution in [-0.2, 0) is 10.3 Å². The molecule has 1 aliphatic rings. The molecule has 1 aromatic carbocycles. The van der Waals surface area contributed by atoms with Crippen LogP contribution in [0.1, 0.15) is 11.1 Å². The molecule has 6 heteroatoms. The third-order valence-corrected chi connectivity index (χ3v) is 3.34. The molecule has 19 heavy (non-hydrogen) atoms. The van der Waals surface area contributed by atoms with Crippen LogP contribution in [0.3, 0.4) is 0 Å². The van der Waals surface area contributed by atoms with Crippen LogP contribution in [0.2, 0.25) is 0 Å². The number of hydrogen-bond acceptors (Lipinski definition) is 5. The smallest absolute Gasteiger partial charge is 0.408 e. The standard InChI is InChI=1S/C13H18N2O4/c1-8-4-11(18-3)9(5-10(8)17-2)13(6-14)7-15-12(16)19-13/h4-5H,6-7,14H2,1-3H3,(H,15,16). The van der Waals surface area contributed by atoms with Crippen molar-refractivity contribution >= 4 is 6.09 Å². The molecule has 0 aliphatic carbocycles.